The van der Waals surface area contributed by atoms with E-state index in [1.165, 1.54) is 17.7 Å². The van der Waals surface area contributed by atoms with E-state index in [4.69, 9.17) is 16.3 Å². The summed E-state index contributed by atoms with van der Waals surface area (Å²) in [5, 5.41) is 9.08. The van der Waals surface area contributed by atoms with Gasteiger partial charge < -0.3 is 15.4 Å². The molecule has 2 N–H and O–H groups in total. The van der Waals surface area contributed by atoms with Gasteiger partial charge >= 0.3 is 6.09 Å². The molecule has 1 atom stereocenters. The Hall–Kier alpha value is -0.780. The van der Waals surface area contributed by atoms with Crippen molar-refractivity contribution in [2.75, 3.05) is 6.54 Å². The Morgan fingerprint density at radius 1 is 1.52 bits per heavy atom. The van der Waals surface area contributed by atoms with Gasteiger partial charge in [0.05, 0.1) is 5.02 Å². The van der Waals surface area contributed by atoms with Crippen LogP contribution in [0.1, 0.15) is 38.5 Å². The summed E-state index contributed by atoms with van der Waals surface area (Å²) >= 11 is 7.57. The number of carbonyl (C=O) groups excluding carboxylic acids is 1. The maximum Gasteiger partial charge on any atom is 0.407 e. The van der Waals surface area contributed by atoms with Gasteiger partial charge in [0.1, 0.15) is 5.60 Å². The Morgan fingerprint density at radius 3 is 2.76 bits per heavy atom. The number of hydrogen-bond acceptors (Lipinski definition) is 4. The molecule has 6 heteroatoms. The second kappa shape index (κ2) is 6.99. The van der Waals surface area contributed by atoms with E-state index in [0.29, 0.717) is 18.5 Å². The zero-order valence-corrected chi connectivity index (χ0v) is 14.3. The molecule has 0 spiro atoms. The number of halogens is 1. The standard InChI is InChI=1S/C15H23ClN2O2S/c1-15(2,3)20-14(19)18-8-13(10-4-5-10)17-7-12-6-11(16)9-21-12/h6,9-10,13,17H,4-5,7-8H2,1-3H3,(H,18,19). The van der Waals surface area contributed by atoms with E-state index in [1.807, 2.05) is 32.2 Å². The van der Waals surface area contributed by atoms with Crippen molar-refractivity contribution in [3.63, 3.8) is 0 Å². The van der Waals surface area contributed by atoms with E-state index >= 15 is 0 Å². The van der Waals surface area contributed by atoms with E-state index in [0.717, 1.165) is 11.6 Å². The Bertz CT molecular complexity index is 480. The highest BCUT2D eigenvalue weighted by molar-refractivity contribution is 7.10. The number of carbonyl (C=O) groups is 1. The van der Waals surface area contributed by atoms with Crippen LogP contribution in [0.2, 0.25) is 5.02 Å². The van der Waals surface area contributed by atoms with Crippen LogP contribution in [0.5, 0.6) is 0 Å². The lowest BCUT2D eigenvalue weighted by Crippen LogP contribution is -2.43. The van der Waals surface area contributed by atoms with Gasteiger partial charge in [-0.3, -0.25) is 0 Å². The highest BCUT2D eigenvalue weighted by Crippen LogP contribution is 2.32. The van der Waals surface area contributed by atoms with Crippen LogP contribution in [0.25, 0.3) is 0 Å². The van der Waals surface area contributed by atoms with Crippen LogP contribution in [0, 0.1) is 5.92 Å². The number of alkyl carbamates (subject to hydrolysis) is 1. The average Bonchev–Trinajstić information content (AvgIpc) is 3.10. The van der Waals surface area contributed by atoms with Gasteiger partial charge in [-0.25, -0.2) is 4.79 Å². The molecule has 1 aromatic heterocycles. The molecule has 1 aliphatic rings. The van der Waals surface area contributed by atoms with Crippen molar-refractivity contribution in [3.05, 3.63) is 21.3 Å². The van der Waals surface area contributed by atoms with Gasteiger partial charge in [0.2, 0.25) is 0 Å². The first-order chi connectivity index (χ1) is 9.83. The molecule has 2 rings (SSSR count). The number of thiophene rings is 1. The van der Waals surface area contributed by atoms with Crippen LogP contribution in [-0.2, 0) is 11.3 Å². The number of amides is 1. The maximum absolute atomic E-state index is 11.7. The minimum atomic E-state index is -0.458. The van der Waals surface area contributed by atoms with E-state index in [1.54, 1.807) is 11.3 Å². The van der Waals surface area contributed by atoms with E-state index in [9.17, 15) is 4.79 Å². The molecular formula is C15H23ClN2O2S. The smallest absolute Gasteiger partial charge is 0.407 e. The summed E-state index contributed by atoms with van der Waals surface area (Å²) in [5.74, 6) is 0.648. The van der Waals surface area contributed by atoms with Crippen LogP contribution in [0.3, 0.4) is 0 Å². The average molecular weight is 331 g/mol. The molecule has 1 amide bonds. The second-order valence-electron chi connectivity index (χ2n) is 6.44. The molecule has 4 nitrogen and oxygen atoms in total. The lowest BCUT2D eigenvalue weighted by molar-refractivity contribution is 0.0521. The van der Waals surface area contributed by atoms with Crippen LogP contribution >= 0.6 is 22.9 Å². The molecule has 1 saturated carbocycles. The molecule has 0 aromatic carbocycles. The minimum Gasteiger partial charge on any atom is -0.444 e. The maximum atomic E-state index is 11.7. The Labute approximate surface area is 135 Å². The van der Waals surface area contributed by atoms with Gasteiger partial charge in [-0.05, 0) is 45.6 Å². The van der Waals surface area contributed by atoms with Gasteiger partial charge in [0.25, 0.3) is 0 Å². The van der Waals surface area contributed by atoms with Crippen molar-refractivity contribution in [2.24, 2.45) is 5.92 Å². The molecule has 1 unspecified atom stereocenters. The number of nitrogens with one attached hydrogen (secondary N) is 2. The van der Waals surface area contributed by atoms with Crippen LogP contribution in [0.15, 0.2) is 11.4 Å². The highest BCUT2D eigenvalue weighted by Gasteiger charge is 2.31. The molecule has 0 saturated heterocycles. The van der Waals surface area contributed by atoms with Crippen molar-refractivity contribution in [2.45, 2.75) is 51.8 Å². The highest BCUT2D eigenvalue weighted by atomic mass is 35.5. The normalized spacial score (nSPS) is 16.6. The molecule has 21 heavy (non-hydrogen) atoms. The predicted octanol–water partition coefficient (Wildman–Crippen LogP) is 3.79. The molecule has 118 valence electrons. The third kappa shape index (κ3) is 6.24. The quantitative estimate of drug-likeness (QED) is 0.834. The van der Waals surface area contributed by atoms with Crippen molar-refractivity contribution >= 4 is 29.0 Å². The first kappa shape index (κ1) is 16.6. The van der Waals surface area contributed by atoms with Crippen molar-refractivity contribution in [3.8, 4) is 0 Å². The van der Waals surface area contributed by atoms with Crippen molar-refractivity contribution in [1.82, 2.24) is 10.6 Å². The summed E-state index contributed by atoms with van der Waals surface area (Å²) < 4.78 is 5.26. The fourth-order valence-corrected chi connectivity index (χ4v) is 3.11. The third-order valence-corrected chi connectivity index (χ3v) is 4.50. The minimum absolute atomic E-state index is 0.290. The number of hydrogen-bond donors (Lipinski definition) is 2. The zero-order chi connectivity index (χ0) is 15.5. The third-order valence-electron chi connectivity index (χ3n) is 3.22. The molecule has 1 fully saturated rings. The van der Waals surface area contributed by atoms with Crippen LogP contribution in [0.4, 0.5) is 4.79 Å². The Morgan fingerprint density at radius 2 is 2.24 bits per heavy atom. The summed E-state index contributed by atoms with van der Waals surface area (Å²) in [6, 6.07) is 2.27. The molecular weight excluding hydrogens is 308 g/mol. The first-order valence-electron chi connectivity index (χ1n) is 7.26. The van der Waals surface area contributed by atoms with Gasteiger partial charge in [0.15, 0.2) is 0 Å². The van der Waals surface area contributed by atoms with Gasteiger partial charge in [-0.15, -0.1) is 11.3 Å². The summed E-state index contributed by atoms with van der Waals surface area (Å²) in [6.07, 6.45) is 2.09. The number of ether oxygens (including phenoxy) is 1. The monoisotopic (exact) mass is 330 g/mol. The zero-order valence-electron chi connectivity index (χ0n) is 12.7. The van der Waals surface area contributed by atoms with Gasteiger partial charge in [-0.2, -0.15) is 0 Å². The molecule has 1 aliphatic carbocycles. The van der Waals surface area contributed by atoms with Gasteiger partial charge in [-0.1, -0.05) is 11.6 Å². The lowest BCUT2D eigenvalue weighted by Gasteiger charge is -2.22. The molecule has 1 aromatic rings. The fourth-order valence-electron chi connectivity index (χ4n) is 2.09. The summed E-state index contributed by atoms with van der Waals surface area (Å²) in [7, 11) is 0. The van der Waals surface area contributed by atoms with E-state index < -0.39 is 5.60 Å². The topological polar surface area (TPSA) is 50.4 Å². The molecule has 0 bridgehead atoms. The van der Waals surface area contributed by atoms with Crippen LogP contribution in [-0.4, -0.2) is 24.3 Å². The van der Waals surface area contributed by atoms with Crippen LogP contribution < -0.4 is 10.6 Å². The largest absolute Gasteiger partial charge is 0.444 e. The molecule has 0 aliphatic heterocycles. The van der Waals surface area contributed by atoms with Crippen molar-refractivity contribution < 1.29 is 9.53 Å². The predicted molar refractivity (Wildman–Crippen MR) is 86.9 cm³/mol. The molecule has 1 heterocycles. The van der Waals surface area contributed by atoms with E-state index in [2.05, 4.69) is 10.6 Å². The Kier molecular flexibility index (Phi) is 5.52. The lowest BCUT2D eigenvalue weighted by atomic mass is 10.2. The Balaban J connectivity index is 1.76. The summed E-state index contributed by atoms with van der Waals surface area (Å²) in [6.45, 7) is 6.98. The summed E-state index contributed by atoms with van der Waals surface area (Å²) in [4.78, 5) is 12.9. The second-order valence-corrected chi connectivity index (χ2v) is 7.87. The first-order valence-corrected chi connectivity index (χ1v) is 8.52. The van der Waals surface area contributed by atoms with E-state index in [-0.39, 0.29) is 6.09 Å². The van der Waals surface area contributed by atoms with Gasteiger partial charge in [0, 0.05) is 29.4 Å². The molecule has 0 radical (unpaired) electrons. The van der Waals surface area contributed by atoms with Crippen molar-refractivity contribution in [1.29, 1.82) is 0 Å². The SMILES string of the molecule is CC(C)(C)OC(=O)NCC(NCc1cc(Cl)cs1)C1CC1. The summed E-state index contributed by atoms with van der Waals surface area (Å²) in [5.41, 5.74) is -0.458. The number of rotatable bonds is 6. The fraction of sp³-hybridized carbons (Fsp3) is 0.667.